The summed E-state index contributed by atoms with van der Waals surface area (Å²) >= 11 is 0. The van der Waals surface area contributed by atoms with Crippen LogP contribution >= 0.6 is 0 Å². The van der Waals surface area contributed by atoms with Gasteiger partial charge < -0.3 is 14.8 Å². The lowest BCUT2D eigenvalue weighted by atomic mass is 10.1. The number of aryl methyl sites for hydroxylation is 1. The van der Waals surface area contributed by atoms with Crippen LogP contribution in [0.1, 0.15) is 30.8 Å². The quantitative estimate of drug-likeness (QED) is 0.817. The Morgan fingerprint density at radius 2 is 2.15 bits per heavy atom. The zero-order valence-corrected chi connectivity index (χ0v) is 11.6. The molecule has 0 spiro atoms. The fourth-order valence-electron chi connectivity index (χ4n) is 2.06. The molecule has 1 heterocycles. The van der Waals surface area contributed by atoms with Crippen LogP contribution in [0.25, 0.3) is 0 Å². The van der Waals surface area contributed by atoms with Gasteiger partial charge in [-0.15, -0.1) is 0 Å². The summed E-state index contributed by atoms with van der Waals surface area (Å²) in [6.45, 7) is 2.46. The maximum Gasteiger partial charge on any atom is 0.123 e. The largest absolute Gasteiger partial charge is 0.469 e. The molecule has 1 aromatic heterocycles. The third kappa shape index (κ3) is 4.47. The number of rotatable bonds is 7. The van der Waals surface area contributed by atoms with Crippen molar-refractivity contribution in [2.75, 3.05) is 6.54 Å². The van der Waals surface area contributed by atoms with Crippen molar-refractivity contribution in [3.05, 3.63) is 59.8 Å². The molecule has 0 aliphatic carbocycles. The Hall–Kier alpha value is -1.65. The smallest absolute Gasteiger partial charge is 0.123 e. The van der Waals surface area contributed by atoms with E-state index < -0.39 is 6.10 Å². The molecule has 2 atom stereocenters. The van der Waals surface area contributed by atoms with Crippen LogP contribution in [-0.4, -0.2) is 17.7 Å². The second kappa shape index (κ2) is 7.22. The summed E-state index contributed by atoms with van der Waals surface area (Å²) in [5.74, 6) is 0.636. The van der Waals surface area contributed by atoms with Crippen molar-refractivity contribution < 1.29 is 13.9 Å². The van der Waals surface area contributed by atoms with Crippen molar-refractivity contribution in [2.24, 2.45) is 0 Å². The molecule has 1 aromatic carbocycles. The van der Waals surface area contributed by atoms with E-state index in [-0.39, 0.29) is 11.9 Å². The maximum atomic E-state index is 13.1. The van der Waals surface area contributed by atoms with E-state index in [2.05, 4.69) is 12.2 Å². The summed E-state index contributed by atoms with van der Waals surface area (Å²) < 4.78 is 18.3. The fourth-order valence-corrected chi connectivity index (χ4v) is 2.06. The summed E-state index contributed by atoms with van der Waals surface area (Å²) in [5, 5.41) is 13.2. The summed E-state index contributed by atoms with van der Waals surface area (Å²) in [5.41, 5.74) is 0.593. The minimum Gasteiger partial charge on any atom is -0.469 e. The van der Waals surface area contributed by atoms with Crippen LogP contribution in [0, 0.1) is 5.82 Å². The van der Waals surface area contributed by atoms with Gasteiger partial charge in [0, 0.05) is 19.0 Å². The Labute approximate surface area is 118 Å². The van der Waals surface area contributed by atoms with Gasteiger partial charge in [-0.25, -0.2) is 4.39 Å². The lowest BCUT2D eigenvalue weighted by Gasteiger charge is -2.17. The monoisotopic (exact) mass is 277 g/mol. The van der Waals surface area contributed by atoms with Gasteiger partial charge in [-0.2, -0.15) is 0 Å². The van der Waals surface area contributed by atoms with Gasteiger partial charge in [-0.05, 0) is 43.2 Å². The topological polar surface area (TPSA) is 45.4 Å². The van der Waals surface area contributed by atoms with E-state index in [4.69, 9.17) is 4.42 Å². The number of hydrogen-bond acceptors (Lipinski definition) is 3. The molecule has 2 rings (SSSR count). The predicted octanol–water partition coefficient (Wildman–Crippen LogP) is 3.06. The molecule has 0 aliphatic rings. The molecule has 0 bridgehead atoms. The number of furan rings is 1. The van der Waals surface area contributed by atoms with E-state index in [1.54, 1.807) is 18.4 Å². The van der Waals surface area contributed by atoms with Crippen molar-refractivity contribution in [1.82, 2.24) is 5.32 Å². The normalized spacial score (nSPS) is 14.2. The first kappa shape index (κ1) is 14.8. The van der Waals surface area contributed by atoms with Gasteiger partial charge >= 0.3 is 0 Å². The molecular formula is C16H20FNO2. The van der Waals surface area contributed by atoms with Gasteiger partial charge in [0.05, 0.1) is 12.4 Å². The van der Waals surface area contributed by atoms with Gasteiger partial charge in [0.2, 0.25) is 0 Å². The molecule has 3 nitrogen and oxygen atoms in total. The third-order valence-electron chi connectivity index (χ3n) is 3.30. The van der Waals surface area contributed by atoms with E-state index in [0.717, 1.165) is 18.6 Å². The van der Waals surface area contributed by atoms with Crippen LogP contribution < -0.4 is 5.32 Å². The first-order valence-electron chi connectivity index (χ1n) is 6.84. The standard InChI is InChI=1S/C16H20FNO2/c1-12(7-8-15-6-3-9-20-15)18-11-16(19)13-4-2-5-14(17)10-13/h2-6,9-10,12,16,18-19H,7-8,11H2,1H3. The fraction of sp³-hybridized carbons (Fsp3) is 0.375. The van der Waals surface area contributed by atoms with Crippen molar-refractivity contribution in [3.63, 3.8) is 0 Å². The van der Waals surface area contributed by atoms with Crippen molar-refractivity contribution in [3.8, 4) is 0 Å². The van der Waals surface area contributed by atoms with Crippen molar-refractivity contribution in [1.29, 1.82) is 0 Å². The van der Waals surface area contributed by atoms with Gasteiger partial charge in [0.15, 0.2) is 0 Å². The number of aliphatic hydroxyl groups is 1. The second-order valence-corrected chi connectivity index (χ2v) is 5.00. The molecule has 0 aliphatic heterocycles. The molecule has 2 N–H and O–H groups in total. The van der Waals surface area contributed by atoms with Crippen LogP contribution in [0.2, 0.25) is 0 Å². The number of halogens is 1. The van der Waals surface area contributed by atoms with E-state index in [9.17, 15) is 9.50 Å². The van der Waals surface area contributed by atoms with E-state index in [1.807, 2.05) is 12.1 Å². The van der Waals surface area contributed by atoms with Gasteiger partial charge in [-0.3, -0.25) is 0 Å². The second-order valence-electron chi connectivity index (χ2n) is 5.00. The molecule has 2 unspecified atom stereocenters. The summed E-state index contributed by atoms with van der Waals surface area (Å²) in [4.78, 5) is 0. The predicted molar refractivity (Wildman–Crippen MR) is 75.9 cm³/mol. The Balaban J connectivity index is 1.73. The molecule has 0 amide bonds. The highest BCUT2D eigenvalue weighted by molar-refractivity contribution is 5.18. The molecule has 2 aromatic rings. The number of hydrogen-bond donors (Lipinski definition) is 2. The third-order valence-corrected chi connectivity index (χ3v) is 3.30. The number of benzene rings is 1. The summed E-state index contributed by atoms with van der Waals surface area (Å²) in [6.07, 6.45) is 2.75. The zero-order valence-electron chi connectivity index (χ0n) is 11.6. The molecule has 0 radical (unpaired) electrons. The average Bonchev–Trinajstić information content (AvgIpc) is 2.95. The van der Waals surface area contributed by atoms with E-state index >= 15 is 0 Å². The molecule has 0 saturated carbocycles. The SMILES string of the molecule is CC(CCc1ccco1)NCC(O)c1cccc(F)c1. The lowest BCUT2D eigenvalue weighted by molar-refractivity contribution is 0.169. The summed E-state index contributed by atoms with van der Waals surface area (Å²) in [7, 11) is 0. The highest BCUT2D eigenvalue weighted by Gasteiger charge is 2.10. The average molecular weight is 277 g/mol. The van der Waals surface area contributed by atoms with Crippen LogP contribution in [0.15, 0.2) is 47.1 Å². The first-order valence-corrected chi connectivity index (χ1v) is 6.84. The highest BCUT2D eigenvalue weighted by Crippen LogP contribution is 2.13. The van der Waals surface area contributed by atoms with Crippen LogP contribution in [-0.2, 0) is 6.42 Å². The summed E-state index contributed by atoms with van der Waals surface area (Å²) in [6, 6.07) is 10.1. The van der Waals surface area contributed by atoms with Crippen molar-refractivity contribution in [2.45, 2.75) is 31.9 Å². The lowest BCUT2D eigenvalue weighted by Crippen LogP contribution is -2.30. The molecule has 0 saturated heterocycles. The van der Waals surface area contributed by atoms with Crippen LogP contribution in [0.3, 0.4) is 0 Å². The van der Waals surface area contributed by atoms with Crippen molar-refractivity contribution >= 4 is 0 Å². The maximum absolute atomic E-state index is 13.1. The van der Waals surface area contributed by atoms with E-state index in [0.29, 0.717) is 12.1 Å². The highest BCUT2D eigenvalue weighted by atomic mass is 19.1. The molecular weight excluding hydrogens is 257 g/mol. The molecule has 4 heteroatoms. The van der Waals surface area contributed by atoms with Crippen LogP contribution in [0.5, 0.6) is 0 Å². The molecule has 108 valence electrons. The minimum atomic E-state index is -0.697. The number of aliphatic hydroxyl groups excluding tert-OH is 1. The Bertz CT molecular complexity index is 513. The van der Waals surface area contributed by atoms with Crippen LogP contribution in [0.4, 0.5) is 4.39 Å². The molecule has 0 fully saturated rings. The minimum absolute atomic E-state index is 0.253. The first-order chi connectivity index (χ1) is 9.65. The Morgan fingerprint density at radius 3 is 2.85 bits per heavy atom. The number of nitrogens with one attached hydrogen (secondary N) is 1. The van der Waals surface area contributed by atoms with E-state index in [1.165, 1.54) is 12.1 Å². The Kier molecular flexibility index (Phi) is 5.32. The molecule has 20 heavy (non-hydrogen) atoms. The zero-order chi connectivity index (χ0) is 14.4. The Morgan fingerprint density at radius 1 is 1.30 bits per heavy atom. The van der Waals surface area contributed by atoms with Gasteiger partial charge in [-0.1, -0.05) is 12.1 Å². The van der Waals surface area contributed by atoms with Gasteiger partial charge in [0.25, 0.3) is 0 Å². The van der Waals surface area contributed by atoms with Gasteiger partial charge in [0.1, 0.15) is 11.6 Å².